The Labute approximate surface area is 123 Å². The maximum atomic E-state index is 11.5. The fourth-order valence-electron chi connectivity index (χ4n) is 2.26. The van der Waals surface area contributed by atoms with Crippen molar-refractivity contribution in [3.63, 3.8) is 0 Å². The first-order valence-corrected chi connectivity index (χ1v) is 6.53. The lowest BCUT2D eigenvalue weighted by Crippen LogP contribution is -2.49. The minimum atomic E-state index is -1.96. The Kier molecular flexibility index (Phi) is 5.18. The number of halogens is 4. The van der Waals surface area contributed by atoms with Crippen LogP contribution in [0, 0.1) is 17.3 Å². The summed E-state index contributed by atoms with van der Waals surface area (Å²) < 4.78 is 0. The summed E-state index contributed by atoms with van der Waals surface area (Å²) in [5.41, 5.74) is -1.96. The van der Waals surface area contributed by atoms with Crippen LogP contribution in [0.3, 0.4) is 0 Å². The van der Waals surface area contributed by atoms with Crippen LogP contribution in [0.15, 0.2) is 0 Å². The largest absolute Gasteiger partial charge is 0.281 e. The third-order valence-electron chi connectivity index (χ3n) is 3.26. The summed E-state index contributed by atoms with van der Waals surface area (Å²) in [5, 5.41) is -3.76. The van der Waals surface area contributed by atoms with Gasteiger partial charge in [-0.15, -0.1) is 0 Å². The van der Waals surface area contributed by atoms with E-state index in [1.54, 1.807) is 0 Å². The molecule has 0 amide bonds. The predicted octanol–water partition coefficient (Wildman–Crippen LogP) is 2.45. The molecule has 0 aliphatic heterocycles. The zero-order chi connectivity index (χ0) is 14.1. The van der Waals surface area contributed by atoms with Gasteiger partial charge in [0, 0.05) is 5.92 Å². The Hall–Kier alpha value is -0.160. The maximum absolute atomic E-state index is 11.5. The third kappa shape index (κ3) is 2.72. The van der Waals surface area contributed by atoms with Gasteiger partial charge in [0.2, 0.25) is 21.0 Å². The summed E-state index contributed by atoms with van der Waals surface area (Å²) in [6.45, 7) is 0. The van der Waals surface area contributed by atoms with Crippen LogP contribution in [0.1, 0.15) is 19.3 Å². The van der Waals surface area contributed by atoms with Gasteiger partial charge in [0.15, 0.2) is 0 Å². The van der Waals surface area contributed by atoms with E-state index in [9.17, 15) is 19.2 Å². The Balaban J connectivity index is 3.26. The smallest absolute Gasteiger partial charge is 0.237 e. The summed E-state index contributed by atoms with van der Waals surface area (Å²) in [4.78, 5) is 45.6. The van der Waals surface area contributed by atoms with E-state index in [0.717, 1.165) is 0 Å². The molecule has 0 spiro atoms. The highest BCUT2D eigenvalue weighted by molar-refractivity contribution is 6.76. The second kappa shape index (κ2) is 5.87. The van der Waals surface area contributed by atoms with Gasteiger partial charge in [-0.3, -0.25) is 19.2 Å². The molecule has 0 heterocycles. The summed E-state index contributed by atoms with van der Waals surface area (Å²) in [6, 6.07) is 0. The van der Waals surface area contributed by atoms with Crippen LogP contribution in [0.25, 0.3) is 0 Å². The molecule has 1 fully saturated rings. The molecule has 100 valence electrons. The molecule has 0 aromatic carbocycles. The summed E-state index contributed by atoms with van der Waals surface area (Å²) in [7, 11) is 0. The Morgan fingerprint density at radius 2 is 1.33 bits per heavy atom. The van der Waals surface area contributed by atoms with Gasteiger partial charge in [0.25, 0.3) is 0 Å². The lowest BCUT2D eigenvalue weighted by Gasteiger charge is -2.38. The zero-order valence-corrected chi connectivity index (χ0v) is 11.9. The van der Waals surface area contributed by atoms with Crippen LogP contribution in [0.4, 0.5) is 0 Å². The van der Waals surface area contributed by atoms with Crippen molar-refractivity contribution < 1.29 is 19.2 Å². The van der Waals surface area contributed by atoms with Crippen molar-refractivity contribution in [2.75, 3.05) is 0 Å². The van der Waals surface area contributed by atoms with Crippen LogP contribution in [0.5, 0.6) is 0 Å². The molecule has 0 aromatic rings. The average molecular weight is 334 g/mol. The van der Waals surface area contributed by atoms with Crippen molar-refractivity contribution in [3.8, 4) is 0 Å². The number of carbonyl (C=O) groups excluding carboxylic acids is 4. The van der Waals surface area contributed by atoms with Crippen LogP contribution < -0.4 is 0 Å². The molecule has 2 atom stereocenters. The topological polar surface area (TPSA) is 68.3 Å². The van der Waals surface area contributed by atoms with Crippen LogP contribution in [-0.2, 0) is 19.2 Å². The minimum Gasteiger partial charge on any atom is -0.281 e. The van der Waals surface area contributed by atoms with Gasteiger partial charge in [0.05, 0.1) is 5.92 Å². The van der Waals surface area contributed by atoms with Crippen molar-refractivity contribution in [2.45, 2.75) is 19.3 Å². The number of hydrogen-bond donors (Lipinski definition) is 0. The molecule has 0 saturated heterocycles. The molecular weight excluding hydrogens is 326 g/mol. The number of rotatable bonds is 4. The Morgan fingerprint density at radius 3 is 1.67 bits per heavy atom. The van der Waals surface area contributed by atoms with Crippen LogP contribution >= 0.6 is 46.4 Å². The van der Waals surface area contributed by atoms with Gasteiger partial charge >= 0.3 is 0 Å². The number of hydrogen-bond acceptors (Lipinski definition) is 4. The van der Waals surface area contributed by atoms with E-state index in [1.807, 2.05) is 0 Å². The molecule has 18 heavy (non-hydrogen) atoms. The molecule has 8 heteroatoms. The molecule has 1 saturated carbocycles. The molecule has 0 bridgehead atoms. The van der Waals surface area contributed by atoms with E-state index >= 15 is 0 Å². The molecular formula is C10H8Cl4O4. The van der Waals surface area contributed by atoms with Gasteiger partial charge in [0.1, 0.15) is 5.41 Å². The van der Waals surface area contributed by atoms with Crippen molar-refractivity contribution in [2.24, 2.45) is 17.3 Å². The molecule has 1 aliphatic carbocycles. The van der Waals surface area contributed by atoms with Gasteiger partial charge in [-0.25, -0.2) is 0 Å². The first-order valence-electron chi connectivity index (χ1n) is 5.02. The van der Waals surface area contributed by atoms with E-state index < -0.39 is 38.2 Å². The van der Waals surface area contributed by atoms with Crippen molar-refractivity contribution in [3.05, 3.63) is 0 Å². The maximum Gasteiger partial charge on any atom is 0.237 e. The molecule has 0 aromatic heterocycles. The average Bonchev–Trinajstić information content (AvgIpc) is 2.26. The SMILES string of the molecule is O=C(Cl)C1CCC(C(=O)Cl)C(C(=O)Cl)(C(=O)Cl)C1. The van der Waals surface area contributed by atoms with Crippen LogP contribution in [-0.4, -0.2) is 21.0 Å². The fraction of sp³-hybridized carbons (Fsp3) is 0.600. The first-order chi connectivity index (χ1) is 8.23. The van der Waals surface area contributed by atoms with E-state index in [4.69, 9.17) is 46.4 Å². The summed E-state index contributed by atoms with van der Waals surface area (Å²) in [6.07, 6.45) is 0.0209. The first kappa shape index (κ1) is 15.9. The second-order valence-electron chi connectivity index (χ2n) is 4.16. The predicted molar refractivity (Wildman–Crippen MR) is 66.7 cm³/mol. The van der Waals surface area contributed by atoms with Crippen molar-refractivity contribution in [1.82, 2.24) is 0 Å². The minimum absolute atomic E-state index is 0.0579. The third-order valence-corrected chi connectivity index (χ3v) is 4.51. The Morgan fingerprint density at radius 1 is 0.833 bits per heavy atom. The standard InChI is InChI=1S/C10H8Cl4O4/c11-6(15)4-1-2-5(7(12)16)10(3-4,8(13)17)9(14)18/h4-5H,1-3H2. The normalized spacial score (nSPS) is 26.4. The fourth-order valence-corrected chi connectivity index (χ4v) is 3.38. The molecule has 0 N–H and O–H groups in total. The van der Waals surface area contributed by atoms with E-state index in [1.165, 1.54) is 0 Å². The Bertz CT molecular complexity index is 406. The lowest BCUT2D eigenvalue weighted by molar-refractivity contribution is -0.144. The molecule has 4 nitrogen and oxygen atoms in total. The van der Waals surface area contributed by atoms with E-state index in [-0.39, 0.29) is 19.3 Å². The van der Waals surface area contributed by atoms with Gasteiger partial charge in [-0.1, -0.05) is 0 Å². The molecule has 1 aliphatic rings. The molecule has 1 rings (SSSR count). The van der Waals surface area contributed by atoms with E-state index in [2.05, 4.69) is 0 Å². The van der Waals surface area contributed by atoms with Gasteiger partial charge < -0.3 is 0 Å². The van der Waals surface area contributed by atoms with Gasteiger partial charge in [-0.2, -0.15) is 0 Å². The monoisotopic (exact) mass is 332 g/mol. The van der Waals surface area contributed by atoms with E-state index in [0.29, 0.717) is 0 Å². The van der Waals surface area contributed by atoms with Crippen molar-refractivity contribution >= 4 is 67.4 Å². The number of carbonyl (C=O) groups is 4. The highest BCUT2D eigenvalue weighted by atomic mass is 35.5. The van der Waals surface area contributed by atoms with Crippen LogP contribution in [0.2, 0.25) is 0 Å². The molecule has 0 radical (unpaired) electrons. The lowest BCUT2D eigenvalue weighted by atomic mass is 9.64. The quantitative estimate of drug-likeness (QED) is 0.585. The second-order valence-corrected chi connectivity index (χ2v) is 5.59. The highest BCUT2D eigenvalue weighted by Crippen LogP contribution is 2.48. The highest BCUT2D eigenvalue weighted by Gasteiger charge is 2.57. The molecule has 2 unspecified atom stereocenters. The van der Waals surface area contributed by atoms with Gasteiger partial charge in [-0.05, 0) is 65.7 Å². The summed E-state index contributed by atoms with van der Waals surface area (Å²) >= 11 is 21.5. The summed E-state index contributed by atoms with van der Waals surface area (Å²) in [5.74, 6) is -1.87. The zero-order valence-electron chi connectivity index (χ0n) is 8.92. The van der Waals surface area contributed by atoms with Crippen molar-refractivity contribution in [1.29, 1.82) is 0 Å².